The number of piperazine rings is 1. The third kappa shape index (κ3) is 11.2. The maximum absolute atomic E-state index is 10.6. The Kier molecular flexibility index (Phi) is 10.3. The van der Waals surface area contributed by atoms with Gasteiger partial charge in [0, 0.05) is 38.3 Å². The van der Waals surface area contributed by atoms with Gasteiger partial charge < -0.3 is 20.6 Å². The van der Waals surface area contributed by atoms with E-state index < -0.39 is 24.3 Å². The second-order valence-electron chi connectivity index (χ2n) is 5.26. The molecule has 1 heterocycles. The quantitative estimate of drug-likeness (QED) is 0.542. The van der Waals surface area contributed by atoms with Gasteiger partial charge in [0.25, 0.3) is 0 Å². The van der Waals surface area contributed by atoms with Crippen molar-refractivity contribution in [1.82, 2.24) is 10.2 Å². The second kappa shape index (κ2) is 11.3. The fraction of sp³-hybridized carbons (Fsp3) is 0.467. The van der Waals surface area contributed by atoms with Crippen LogP contribution in [-0.2, 0) is 16.1 Å². The zero-order valence-electron chi connectivity index (χ0n) is 14.2. The van der Waals surface area contributed by atoms with Crippen molar-refractivity contribution in [3.8, 4) is 5.75 Å². The minimum absolute atomic E-state index is 0.408. The molecule has 28 heavy (non-hydrogen) atoms. The molecule has 2 rings (SSSR count). The Morgan fingerprint density at radius 3 is 1.68 bits per heavy atom. The van der Waals surface area contributed by atoms with Crippen molar-refractivity contribution in [2.75, 3.05) is 26.2 Å². The van der Waals surface area contributed by atoms with Crippen molar-refractivity contribution in [3.05, 3.63) is 29.8 Å². The number of carboxylic acid groups (broad SMARTS) is 2. The molecule has 13 heteroatoms. The molecule has 0 unspecified atom stereocenters. The monoisotopic (exact) mass is 420 g/mol. The number of benzene rings is 1. The lowest BCUT2D eigenvalue weighted by atomic mass is 10.2. The molecule has 0 aliphatic carbocycles. The number of phenols is 1. The third-order valence-electron chi connectivity index (χ3n) is 3.08. The summed E-state index contributed by atoms with van der Waals surface area (Å²) in [4.78, 5) is 20.1. The average Bonchev–Trinajstić information content (AvgIpc) is 2.57. The highest BCUT2D eigenvalue weighted by atomic mass is 19.4. The van der Waals surface area contributed by atoms with Gasteiger partial charge in [-0.05, 0) is 6.07 Å². The number of para-hydroxylation sites is 1. The van der Waals surface area contributed by atoms with E-state index in [9.17, 15) is 31.4 Å². The molecule has 0 aromatic heterocycles. The molecular weight excluding hydrogens is 402 g/mol. The lowest BCUT2D eigenvalue weighted by Crippen LogP contribution is -2.42. The van der Waals surface area contributed by atoms with Crippen molar-refractivity contribution in [2.45, 2.75) is 18.9 Å². The number of aromatic hydroxyl groups is 1. The standard InChI is InChI=1S/C11H16N2O.2C2HF3O2/c14-11-4-2-1-3-10(11)9-13-7-5-12-6-8-13;2*3-2(4,5)1(6)7/h1-4,12,14H,5-9H2;2*(H,6,7). The summed E-state index contributed by atoms with van der Waals surface area (Å²) in [7, 11) is 0. The van der Waals surface area contributed by atoms with Crippen LogP contribution in [0.4, 0.5) is 26.3 Å². The number of hydrogen-bond donors (Lipinski definition) is 4. The van der Waals surface area contributed by atoms with Crippen LogP contribution in [0, 0.1) is 0 Å². The number of rotatable bonds is 2. The van der Waals surface area contributed by atoms with E-state index in [2.05, 4.69) is 10.2 Å². The van der Waals surface area contributed by atoms with Gasteiger partial charge in [-0.1, -0.05) is 18.2 Å². The van der Waals surface area contributed by atoms with Gasteiger partial charge in [-0.3, -0.25) is 4.90 Å². The summed E-state index contributed by atoms with van der Waals surface area (Å²) < 4.78 is 63.5. The number of phenolic OH excluding ortho intramolecular Hbond substituents is 1. The van der Waals surface area contributed by atoms with Gasteiger partial charge in [-0.2, -0.15) is 26.3 Å². The Bertz CT molecular complexity index is 606. The summed E-state index contributed by atoms with van der Waals surface area (Å²) in [5, 5.41) is 27.2. The molecule has 0 spiro atoms. The predicted octanol–water partition coefficient (Wildman–Crippen LogP) is 2.06. The van der Waals surface area contributed by atoms with Crippen molar-refractivity contribution < 1.29 is 51.3 Å². The summed E-state index contributed by atoms with van der Waals surface area (Å²) in [6.07, 6.45) is -10.2. The number of nitrogens with zero attached hydrogens (tertiary/aromatic N) is 1. The van der Waals surface area contributed by atoms with Gasteiger partial charge in [0.1, 0.15) is 5.75 Å². The number of carbonyl (C=O) groups is 2. The first-order valence-corrected chi connectivity index (χ1v) is 7.55. The van der Waals surface area contributed by atoms with E-state index in [1.165, 1.54) is 0 Å². The number of hydrogen-bond acceptors (Lipinski definition) is 5. The molecular formula is C15H18F6N2O5. The molecule has 0 bridgehead atoms. The molecule has 1 saturated heterocycles. The molecule has 1 aliphatic rings. The van der Waals surface area contributed by atoms with Crippen LogP contribution in [0.2, 0.25) is 0 Å². The summed E-state index contributed by atoms with van der Waals surface area (Å²) in [6, 6.07) is 7.56. The Morgan fingerprint density at radius 2 is 1.32 bits per heavy atom. The summed E-state index contributed by atoms with van der Waals surface area (Å²) in [6.45, 7) is 5.08. The zero-order valence-corrected chi connectivity index (χ0v) is 14.2. The smallest absolute Gasteiger partial charge is 0.490 e. The molecule has 0 saturated carbocycles. The molecule has 0 amide bonds. The summed E-state index contributed by atoms with van der Waals surface area (Å²) in [5.41, 5.74) is 1.02. The third-order valence-corrected chi connectivity index (χ3v) is 3.08. The second-order valence-corrected chi connectivity index (χ2v) is 5.26. The van der Waals surface area contributed by atoms with Gasteiger partial charge in [-0.15, -0.1) is 0 Å². The highest BCUT2D eigenvalue weighted by Crippen LogP contribution is 2.17. The maximum atomic E-state index is 10.6. The van der Waals surface area contributed by atoms with E-state index in [1.54, 1.807) is 6.07 Å². The van der Waals surface area contributed by atoms with Crippen LogP contribution in [-0.4, -0.2) is 70.7 Å². The Hall–Kier alpha value is -2.54. The molecule has 1 aliphatic heterocycles. The lowest BCUT2D eigenvalue weighted by molar-refractivity contribution is -0.193. The predicted molar refractivity (Wildman–Crippen MR) is 83.6 cm³/mol. The number of alkyl halides is 6. The first kappa shape index (κ1) is 25.5. The van der Waals surface area contributed by atoms with Crippen LogP contribution < -0.4 is 5.32 Å². The molecule has 160 valence electrons. The van der Waals surface area contributed by atoms with Gasteiger partial charge in [-0.25, -0.2) is 9.59 Å². The van der Waals surface area contributed by atoms with E-state index in [0.717, 1.165) is 38.3 Å². The van der Waals surface area contributed by atoms with E-state index in [1.807, 2.05) is 18.2 Å². The van der Waals surface area contributed by atoms with Crippen molar-refractivity contribution in [2.24, 2.45) is 0 Å². The van der Waals surface area contributed by atoms with Crippen LogP contribution in [0.25, 0.3) is 0 Å². The molecule has 4 N–H and O–H groups in total. The SMILES string of the molecule is O=C(O)C(F)(F)F.O=C(O)C(F)(F)F.Oc1ccccc1CN1CCNCC1. The average molecular weight is 420 g/mol. The van der Waals surface area contributed by atoms with Gasteiger partial charge in [0.2, 0.25) is 0 Å². The number of halogens is 6. The van der Waals surface area contributed by atoms with Crippen LogP contribution >= 0.6 is 0 Å². The molecule has 7 nitrogen and oxygen atoms in total. The Balaban J connectivity index is 0.000000444. The minimum Gasteiger partial charge on any atom is -0.508 e. The first-order chi connectivity index (χ1) is 12.7. The van der Waals surface area contributed by atoms with Crippen molar-refractivity contribution >= 4 is 11.9 Å². The number of nitrogens with one attached hydrogen (secondary N) is 1. The fourth-order valence-corrected chi connectivity index (χ4v) is 1.75. The molecule has 0 atom stereocenters. The number of carboxylic acids is 2. The summed E-state index contributed by atoms with van der Waals surface area (Å²) in [5.74, 6) is -5.11. The first-order valence-electron chi connectivity index (χ1n) is 7.55. The van der Waals surface area contributed by atoms with Crippen molar-refractivity contribution in [3.63, 3.8) is 0 Å². The largest absolute Gasteiger partial charge is 0.508 e. The number of aliphatic carboxylic acids is 2. The molecule has 1 aromatic carbocycles. The van der Waals surface area contributed by atoms with Crippen LogP contribution in [0.1, 0.15) is 5.56 Å². The van der Waals surface area contributed by atoms with Crippen LogP contribution in [0.3, 0.4) is 0 Å². The van der Waals surface area contributed by atoms with Crippen LogP contribution in [0.15, 0.2) is 24.3 Å². The van der Waals surface area contributed by atoms with E-state index in [-0.39, 0.29) is 0 Å². The molecule has 0 radical (unpaired) electrons. The Morgan fingerprint density at radius 1 is 0.929 bits per heavy atom. The fourth-order valence-electron chi connectivity index (χ4n) is 1.75. The van der Waals surface area contributed by atoms with Gasteiger partial charge >= 0.3 is 24.3 Å². The highest BCUT2D eigenvalue weighted by molar-refractivity contribution is 5.73. The summed E-state index contributed by atoms with van der Waals surface area (Å²) >= 11 is 0. The van der Waals surface area contributed by atoms with E-state index >= 15 is 0 Å². The van der Waals surface area contributed by atoms with Crippen LogP contribution in [0.5, 0.6) is 5.75 Å². The van der Waals surface area contributed by atoms with E-state index in [0.29, 0.717) is 5.75 Å². The minimum atomic E-state index is -5.08. The van der Waals surface area contributed by atoms with Gasteiger partial charge in [0.05, 0.1) is 0 Å². The zero-order chi connectivity index (χ0) is 22.0. The van der Waals surface area contributed by atoms with Gasteiger partial charge in [0.15, 0.2) is 0 Å². The highest BCUT2D eigenvalue weighted by Gasteiger charge is 2.38. The molecule has 1 fully saturated rings. The van der Waals surface area contributed by atoms with E-state index in [4.69, 9.17) is 19.8 Å². The Labute approximate surface area is 155 Å². The topological polar surface area (TPSA) is 110 Å². The normalized spacial score (nSPS) is 14.8. The van der Waals surface area contributed by atoms with Crippen molar-refractivity contribution in [1.29, 1.82) is 0 Å². The lowest BCUT2D eigenvalue weighted by Gasteiger charge is -2.27. The molecule has 1 aromatic rings. The maximum Gasteiger partial charge on any atom is 0.490 e.